The van der Waals surface area contributed by atoms with E-state index in [1.807, 2.05) is 0 Å². The second kappa shape index (κ2) is 9.98. The summed E-state index contributed by atoms with van der Waals surface area (Å²) in [5.74, 6) is -0.125. The lowest BCUT2D eigenvalue weighted by Gasteiger charge is -2.13. The highest BCUT2D eigenvalue weighted by Crippen LogP contribution is 2.34. The number of nitrogens with one attached hydrogen (secondary N) is 1. The van der Waals surface area contributed by atoms with Gasteiger partial charge >= 0.3 is 0 Å². The standard InChI is InChI=1S/C22H16F2N2O5S/c1-3-8-31-17-7-4-13(9-18(17)30-2)10-19-21(28)26(22(29)32-19)12-20(27)25-16-6-5-14(23)11-15(16)24/h1,4-7,9-11H,8,12H2,2H3,(H,25,27)/b19-10-. The molecule has 0 unspecified atom stereocenters. The molecule has 7 nitrogen and oxygen atoms in total. The molecule has 3 rings (SSSR count). The van der Waals surface area contributed by atoms with Crippen LogP contribution in [0.25, 0.3) is 6.08 Å². The number of ether oxygens (including phenoxy) is 2. The summed E-state index contributed by atoms with van der Waals surface area (Å²) in [5.41, 5.74) is 0.288. The molecular formula is C22H16F2N2O5S. The minimum Gasteiger partial charge on any atom is -0.493 e. The molecule has 0 radical (unpaired) electrons. The highest BCUT2D eigenvalue weighted by atomic mass is 32.2. The quantitative estimate of drug-likeness (QED) is 0.504. The predicted octanol–water partition coefficient (Wildman–Crippen LogP) is 3.66. The van der Waals surface area contributed by atoms with Crippen molar-refractivity contribution in [1.29, 1.82) is 0 Å². The fourth-order valence-corrected chi connectivity index (χ4v) is 3.56. The van der Waals surface area contributed by atoms with Crippen LogP contribution >= 0.6 is 11.8 Å². The maximum Gasteiger partial charge on any atom is 0.294 e. The van der Waals surface area contributed by atoms with Gasteiger partial charge in [0.05, 0.1) is 17.7 Å². The van der Waals surface area contributed by atoms with Crippen molar-refractivity contribution in [2.75, 3.05) is 25.6 Å². The summed E-state index contributed by atoms with van der Waals surface area (Å²) >= 11 is 0.658. The Hall–Kier alpha value is -3.84. The predicted molar refractivity (Wildman–Crippen MR) is 115 cm³/mol. The van der Waals surface area contributed by atoms with Crippen molar-refractivity contribution in [3.05, 3.63) is 58.5 Å². The number of anilines is 1. The van der Waals surface area contributed by atoms with Gasteiger partial charge in [-0.15, -0.1) is 6.42 Å². The maximum atomic E-state index is 13.7. The first kappa shape index (κ1) is 22.8. The Morgan fingerprint density at radius 3 is 2.69 bits per heavy atom. The molecule has 0 saturated carbocycles. The third-order valence-electron chi connectivity index (χ3n) is 4.18. The van der Waals surface area contributed by atoms with Crippen LogP contribution in [0.2, 0.25) is 0 Å². The summed E-state index contributed by atoms with van der Waals surface area (Å²) < 4.78 is 37.3. The molecule has 2 aromatic rings. The van der Waals surface area contributed by atoms with Crippen LogP contribution in [-0.4, -0.2) is 42.2 Å². The number of thioether (sulfide) groups is 1. The van der Waals surface area contributed by atoms with Crippen LogP contribution < -0.4 is 14.8 Å². The fourth-order valence-electron chi connectivity index (χ4n) is 2.72. The monoisotopic (exact) mass is 458 g/mol. The second-order valence-corrected chi connectivity index (χ2v) is 7.34. The lowest BCUT2D eigenvalue weighted by atomic mass is 10.2. The van der Waals surface area contributed by atoms with Crippen LogP contribution in [0.5, 0.6) is 11.5 Å². The van der Waals surface area contributed by atoms with Crippen LogP contribution in [0.1, 0.15) is 5.56 Å². The fraction of sp³-hybridized carbons (Fsp3) is 0.136. The normalized spacial score (nSPS) is 14.4. The van der Waals surface area contributed by atoms with Gasteiger partial charge in [-0.2, -0.15) is 0 Å². The van der Waals surface area contributed by atoms with E-state index in [0.717, 1.165) is 17.0 Å². The van der Waals surface area contributed by atoms with E-state index in [-0.39, 0.29) is 17.2 Å². The molecule has 1 saturated heterocycles. The van der Waals surface area contributed by atoms with E-state index in [4.69, 9.17) is 15.9 Å². The number of benzene rings is 2. The van der Waals surface area contributed by atoms with Gasteiger partial charge in [0.2, 0.25) is 5.91 Å². The Kier molecular flexibility index (Phi) is 7.12. The first-order valence-corrected chi connectivity index (χ1v) is 9.88. The molecule has 1 heterocycles. The zero-order valence-corrected chi connectivity index (χ0v) is 17.5. The van der Waals surface area contributed by atoms with E-state index in [1.165, 1.54) is 13.2 Å². The van der Waals surface area contributed by atoms with Crippen LogP contribution in [-0.2, 0) is 9.59 Å². The Bertz CT molecular complexity index is 1160. The molecule has 0 bridgehead atoms. The van der Waals surface area contributed by atoms with Gasteiger partial charge in [-0.05, 0) is 47.7 Å². The zero-order chi connectivity index (χ0) is 23.3. The average Bonchev–Trinajstić information content (AvgIpc) is 3.02. The molecule has 32 heavy (non-hydrogen) atoms. The minimum absolute atomic E-state index is 0.0540. The molecule has 0 aromatic heterocycles. The molecule has 10 heteroatoms. The summed E-state index contributed by atoms with van der Waals surface area (Å²) in [7, 11) is 1.44. The second-order valence-electron chi connectivity index (χ2n) is 6.34. The summed E-state index contributed by atoms with van der Waals surface area (Å²) in [4.78, 5) is 37.9. The zero-order valence-electron chi connectivity index (χ0n) is 16.7. The van der Waals surface area contributed by atoms with Crippen molar-refractivity contribution < 1.29 is 32.6 Å². The van der Waals surface area contributed by atoms with Crippen molar-refractivity contribution in [2.24, 2.45) is 0 Å². The molecule has 1 aliphatic heterocycles. The van der Waals surface area contributed by atoms with E-state index in [1.54, 1.807) is 18.2 Å². The lowest BCUT2D eigenvalue weighted by Crippen LogP contribution is -2.36. The van der Waals surface area contributed by atoms with Gasteiger partial charge in [-0.25, -0.2) is 8.78 Å². The lowest BCUT2D eigenvalue weighted by molar-refractivity contribution is -0.127. The summed E-state index contributed by atoms with van der Waals surface area (Å²) in [5, 5.41) is 1.55. The van der Waals surface area contributed by atoms with Gasteiger partial charge < -0.3 is 14.8 Å². The summed E-state index contributed by atoms with van der Waals surface area (Å²) in [6.07, 6.45) is 6.64. The highest BCUT2D eigenvalue weighted by molar-refractivity contribution is 8.18. The number of carbonyl (C=O) groups excluding carboxylic acids is 3. The number of nitrogens with zero attached hydrogens (tertiary/aromatic N) is 1. The van der Waals surface area contributed by atoms with Gasteiger partial charge in [0.15, 0.2) is 11.5 Å². The van der Waals surface area contributed by atoms with E-state index < -0.39 is 35.2 Å². The van der Waals surface area contributed by atoms with Crippen molar-refractivity contribution in [1.82, 2.24) is 4.90 Å². The Morgan fingerprint density at radius 1 is 1.22 bits per heavy atom. The number of amides is 3. The maximum absolute atomic E-state index is 13.7. The molecular weight excluding hydrogens is 442 g/mol. The van der Waals surface area contributed by atoms with Gasteiger partial charge in [0.25, 0.3) is 11.1 Å². The Labute approximate surface area is 186 Å². The summed E-state index contributed by atoms with van der Waals surface area (Å²) in [6, 6.07) is 7.47. The first-order valence-electron chi connectivity index (χ1n) is 9.07. The molecule has 0 atom stereocenters. The van der Waals surface area contributed by atoms with Gasteiger partial charge in [-0.1, -0.05) is 12.0 Å². The van der Waals surface area contributed by atoms with Gasteiger partial charge in [-0.3, -0.25) is 19.3 Å². The molecule has 164 valence electrons. The third-order valence-corrected chi connectivity index (χ3v) is 5.08. The van der Waals surface area contributed by atoms with Crippen LogP contribution in [0.15, 0.2) is 41.3 Å². The molecule has 0 spiro atoms. The number of terminal acetylenes is 1. The number of halogens is 2. The molecule has 1 N–H and O–H groups in total. The Balaban J connectivity index is 1.72. The molecule has 3 amide bonds. The van der Waals surface area contributed by atoms with Gasteiger partial charge in [0.1, 0.15) is 24.8 Å². The smallest absolute Gasteiger partial charge is 0.294 e. The molecule has 1 aliphatic rings. The number of hydrogen-bond acceptors (Lipinski definition) is 6. The van der Waals surface area contributed by atoms with Gasteiger partial charge in [0, 0.05) is 6.07 Å². The van der Waals surface area contributed by atoms with Crippen molar-refractivity contribution in [3.63, 3.8) is 0 Å². The average molecular weight is 458 g/mol. The van der Waals surface area contributed by atoms with E-state index >= 15 is 0 Å². The molecule has 2 aromatic carbocycles. The van der Waals surface area contributed by atoms with Crippen LogP contribution in [0, 0.1) is 24.0 Å². The van der Waals surface area contributed by atoms with E-state index in [9.17, 15) is 23.2 Å². The van der Waals surface area contributed by atoms with E-state index in [0.29, 0.717) is 34.9 Å². The topological polar surface area (TPSA) is 84.9 Å². The molecule has 0 aliphatic carbocycles. The first-order chi connectivity index (χ1) is 15.3. The van der Waals surface area contributed by atoms with Crippen molar-refractivity contribution >= 4 is 40.6 Å². The van der Waals surface area contributed by atoms with Crippen molar-refractivity contribution in [3.8, 4) is 23.8 Å². The number of carbonyl (C=O) groups is 3. The third kappa shape index (κ3) is 5.25. The number of hydrogen-bond donors (Lipinski definition) is 1. The SMILES string of the molecule is C#CCOc1ccc(/C=C2\SC(=O)N(CC(=O)Nc3ccc(F)cc3F)C2=O)cc1OC. The summed E-state index contributed by atoms with van der Waals surface area (Å²) in [6.45, 7) is -0.570. The van der Waals surface area contributed by atoms with Crippen molar-refractivity contribution in [2.45, 2.75) is 0 Å². The molecule has 1 fully saturated rings. The largest absolute Gasteiger partial charge is 0.493 e. The number of imide groups is 1. The number of methoxy groups -OCH3 is 1. The van der Waals surface area contributed by atoms with E-state index in [2.05, 4.69) is 11.2 Å². The highest BCUT2D eigenvalue weighted by Gasteiger charge is 2.36. The Morgan fingerprint density at radius 2 is 2.00 bits per heavy atom. The number of rotatable bonds is 7. The van der Waals surface area contributed by atoms with Crippen LogP contribution in [0.3, 0.4) is 0 Å². The minimum atomic E-state index is -0.976. The van der Waals surface area contributed by atoms with Crippen LogP contribution in [0.4, 0.5) is 19.3 Å².